The zero-order valence-corrected chi connectivity index (χ0v) is 19.5. The smallest absolute Gasteiger partial charge is 0.407 e. The van der Waals surface area contributed by atoms with E-state index in [2.05, 4.69) is 25.6 Å². The normalized spacial score (nSPS) is 17.7. The third-order valence-electron chi connectivity index (χ3n) is 5.90. The van der Waals surface area contributed by atoms with Crippen LogP contribution in [0.3, 0.4) is 0 Å². The van der Waals surface area contributed by atoms with Crippen molar-refractivity contribution >= 4 is 23.5 Å². The molecule has 2 aromatic heterocycles. The quantitative estimate of drug-likeness (QED) is 0.395. The maximum atomic E-state index is 14.0. The van der Waals surface area contributed by atoms with Gasteiger partial charge >= 0.3 is 6.09 Å². The van der Waals surface area contributed by atoms with Crippen molar-refractivity contribution in [3.63, 3.8) is 0 Å². The van der Waals surface area contributed by atoms with Crippen LogP contribution in [0.2, 0.25) is 0 Å². The molecule has 0 bridgehead atoms. The van der Waals surface area contributed by atoms with Crippen LogP contribution < -0.4 is 14.9 Å². The number of rotatable bonds is 7. The van der Waals surface area contributed by atoms with Crippen LogP contribution >= 0.6 is 0 Å². The van der Waals surface area contributed by atoms with Gasteiger partial charge in [-0.15, -0.1) is 5.10 Å². The zero-order valence-electron chi connectivity index (χ0n) is 19.5. The first-order valence-electron chi connectivity index (χ1n) is 11.1. The van der Waals surface area contributed by atoms with E-state index in [9.17, 15) is 10.0 Å². The molecule has 1 atom stereocenters. The van der Waals surface area contributed by atoms with Crippen molar-refractivity contribution in [1.82, 2.24) is 34.5 Å². The molecule has 1 aliphatic heterocycles. The summed E-state index contributed by atoms with van der Waals surface area (Å²) in [5.74, 6) is 1.32. The minimum atomic E-state index is -0.988. The molecule has 1 aromatic carbocycles. The van der Waals surface area contributed by atoms with Crippen LogP contribution in [0.25, 0.3) is 5.69 Å². The van der Waals surface area contributed by atoms with Crippen LogP contribution in [0.1, 0.15) is 18.2 Å². The summed E-state index contributed by atoms with van der Waals surface area (Å²) in [6.45, 7) is 4.15. The highest BCUT2D eigenvalue weighted by molar-refractivity contribution is 5.64. The number of anilines is 2. The molecule has 0 radical (unpaired) electrons. The van der Waals surface area contributed by atoms with E-state index in [4.69, 9.17) is 5.11 Å². The third kappa shape index (κ3) is 4.92. The van der Waals surface area contributed by atoms with Crippen molar-refractivity contribution in [2.75, 3.05) is 50.5 Å². The van der Waals surface area contributed by atoms with Gasteiger partial charge in [-0.2, -0.15) is 4.98 Å². The van der Waals surface area contributed by atoms with Gasteiger partial charge in [-0.3, -0.25) is 0 Å². The predicted octanol–water partition coefficient (Wildman–Crippen LogP) is 2.10. The number of benzene rings is 1. The largest absolute Gasteiger partial charge is 0.627 e. The lowest BCUT2D eigenvalue weighted by Crippen LogP contribution is -2.45. The zero-order chi connectivity index (χ0) is 24.3. The Kier molecular flexibility index (Phi) is 6.61. The standard InChI is InChI=1S/C22H29N9O3/c1-4-23-21-24-13-16-15-31(34,11-10-28(2)20(16)25-21)19-7-5-6-18(12-19)30-14-17(26-27-30)8-9-29(3)22(32)33/h5-7,12-14H,4,8-11,15H2,1-3H3,(H,32,33)(H,23,24,25). The second-order valence-corrected chi connectivity index (χ2v) is 8.39. The summed E-state index contributed by atoms with van der Waals surface area (Å²) in [5.41, 5.74) is 2.79. The van der Waals surface area contributed by atoms with E-state index in [-0.39, 0.29) is 6.54 Å². The second-order valence-electron chi connectivity index (χ2n) is 8.39. The van der Waals surface area contributed by atoms with Crippen molar-refractivity contribution < 1.29 is 9.90 Å². The highest BCUT2D eigenvalue weighted by Crippen LogP contribution is 2.32. The summed E-state index contributed by atoms with van der Waals surface area (Å²) < 4.78 is 1.06. The number of quaternary nitrogens is 1. The van der Waals surface area contributed by atoms with Crippen molar-refractivity contribution in [2.45, 2.75) is 19.9 Å². The van der Waals surface area contributed by atoms with E-state index >= 15 is 0 Å². The summed E-state index contributed by atoms with van der Waals surface area (Å²) in [5, 5.41) is 34.5. The molecule has 1 amide bonds. The van der Waals surface area contributed by atoms with E-state index in [1.807, 2.05) is 43.1 Å². The Hall–Kier alpha value is -3.77. The van der Waals surface area contributed by atoms with Gasteiger partial charge in [0.1, 0.15) is 24.6 Å². The molecule has 180 valence electrons. The average Bonchev–Trinajstić information content (AvgIpc) is 3.26. The Morgan fingerprint density at radius 2 is 2.21 bits per heavy atom. The molecule has 2 N–H and O–H groups in total. The Balaban J connectivity index is 1.57. The monoisotopic (exact) mass is 467 g/mol. The maximum Gasteiger partial charge on any atom is 0.407 e. The molecule has 34 heavy (non-hydrogen) atoms. The Morgan fingerprint density at radius 1 is 1.38 bits per heavy atom. The molecule has 4 rings (SSSR count). The lowest BCUT2D eigenvalue weighted by atomic mass is 10.2. The maximum absolute atomic E-state index is 14.0. The SMILES string of the molecule is CCNc1ncc2c(n1)N(C)CC[N+]([O-])(c1cccc(-n3cc(CCN(C)C(=O)O)nn3)c1)C2. The number of likely N-dealkylation sites (N-methyl/N-ethyl adjacent to an activating group) is 2. The highest BCUT2D eigenvalue weighted by atomic mass is 16.5. The first kappa shape index (κ1) is 23.4. The topological polar surface area (TPSA) is 135 Å². The van der Waals surface area contributed by atoms with E-state index < -0.39 is 10.7 Å². The number of aromatic nitrogens is 5. The first-order valence-corrected chi connectivity index (χ1v) is 11.1. The van der Waals surface area contributed by atoms with Gasteiger partial charge in [0.05, 0.1) is 29.7 Å². The molecular formula is C22H29N9O3. The number of hydrogen-bond donors (Lipinski definition) is 2. The van der Waals surface area contributed by atoms with Crippen LogP contribution in [0, 0.1) is 5.21 Å². The van der Waals surface area contributed by atoms with Gasteiger partial charge in [-0.1, -0.05) is 11.3 Å². The number of amides is 1. The van der Waals surface area contributed by atoms with E-state index in [0.717, 1.165) is 17.9 Å². The van der Waals surface area contributed by atoms with Crippen LogP contribution in [0.4, 0.5) is 22.2 Å². The molecule has 0 fully saturated rings. The van der Waals surface area contributed by atoms with Crippen LogP contribution in [0.5, 0.6) is 0 Å². The molecule has 0 aliphatic carbocycles. The Labute approximate surface area is 197 Å². The third-order valence-corrected chi connectivity index (χ3v) is 5.90. The fraction of sp³-hybridized carbons (Fsp3) is 0.409. The molecule has 0 spiro atoms. The lowest BCUT2D eigenvalue weighted by molar-refractivity contribution is 0.156. The summed E-state index contributed by atoms with van der Waals surface area (Å²) in [6, 6.07) is 7.35. The molecule has 12 heteroatoms. The van der Waals surface area contributed by atoms with Gasteiger partial charge in [-0.25, -0.2) is 14.5 Å². The van der Waals surface area contributed by atoms with Crippen LogP contribution in [-0.4, -0.2) is 81.3 Å². The summed E-state index contributed by atoms with van der Waals surface area (Å²) in [7, 11) is 3.45. The Morgan fingerprint density at radius 3 is 2.97 bits per heavy atom. The van der Waals surface area contributed by atoms with Gasteiger partial charge in [-0.05, 0) is 19.1 Å². The molecular weight excluding hydrogens is 438 g/mol. The van der Waals surface area contributed by atoms with Gasteiger partial charge < -0.3 is 30.1 Å². The first-order chi connectivity index (χ1) is 16.3. The fourth-order valence-corrected chi connectivity index (χ4v) is 3.88. The van der Waals surface area contributed by atoms with Gasteiger partial charge in [0.15, 0.2) is 0 Å². The molecule has 1 unspecified atom stereocenters. The van der Waals surface area contributed by atoms with E-state index in [1.165, 1.54) is 11.9 Å². The predicted molar refractivity (Wildman–Crippen MR) is 129 cm³/mol. The number of hydrogen-bond acceptors (Lipinski definition) is 8. The minimum Gasteiger partial charge on any atom is -0.627 e. The van der Waals surface area contributed by atoms with Crippen LogP contribution in [0.15, 0.2) is 36.7 Å². The van der Waals surface area contributed by atoms with Gasteiger partial charge in [0.2, 0.25) is 5.95 Å². The number of hydroxylamine groups is 2. The molecule has 0 saturated heterocycles. The summed E-state index contributed by atoms with van der Waals surface area (Å²) in [4.78, 5) is 23.1. The number of nitrogens with one attached hydrogen (secondary N) is 1. The Bertz CT molecular complexity index is 1170. The highest BCUT2D eigenvalue weighted by Gasteiger charge is 2.29. The van der Waals surface area contributed by atoms with Crippen molar-refractivity contribution in [3.05, 3.63) is 53.1 Å². The van der Waals surface area contributed by atoms with Crippen LogP contribution in [-0.2, 0) is 13.0 Å². The van der Waals surface area contributed by atoms with Gasteiger partial charge in [0, 0.05) is 45.9 Å². The van der Waals surface area contributed by atoms with Gasteiger partial charge in [0.25, 0.3) is 0 Å². The minimum absolute atomic E-state index is 0.222. The van der Waals surface area contributed by atoms with E-state index in [0.29, 0.717) is 49.1 Å². The lowest BCUT2D eigenvalue weighted by Gasteiger charge is -2.41. The number of carbonyl (C=O) groups is 1. The second kappa shape index (κ2) is 9.61. The fourth-order valence-electron chi connectivity index (χ4n) is 3.88. The summed E-state index contributed by atoms with van der Waals surface area (Å²) in [6.07, 6.45) is 2.94. The van der Waals surface area contributed by atoms with Crippen molar-refractivity contribution in [3.8, 4) is 5.69 Å². The molecule has 0 saturated carbocycles. The number of fused-ring (bicyclic) bond motifs is 1. The molecule has 3 aromatic rings. The summed E-state index contributed by atoms with van der Waals surface area (Å²) >= 11 is 0. The average molecular weight is 468 g/mol. The molecule has 3 heterocycles. The number of carboxylic acid groups (broad SMARTS) is 1. The van der Waals surface area contributed by atoms with Crippen molar-refractivity contribution in [1.29, 1.82) is 0 Å². The van der Waals surface area contributed by atoms with E-state index in [1.54, 1.807) is 17.1 Å². The number of nitrogens with zero attached hydrogens (tertiary/aromatic N) is 8. The van der Waals surface area contributed by atoms with Crippen molar-refractivity contribution in [2.24, 2.45) is 0 Å². The molecule has 12 nitrogen and oxygen atoms in total. The molecule has 1 aliphatic rings.